The molecule has 0 atom stereocenters. The zero-order valence-electron chi connectivity index (χ0n) is 8.37. The molecule has 3 heteroatoms. The van der Waals surface area contributed by atoms with Gasteiger partial charge >= 0.3 is 0 Å². The van der Waals surface area contributed by atoms with Crippen molar-refractivity contribution in [2.24, 2.45) is 0 Å². The standard InChI is InChI=1S/C11H13O3/c1-3-13-10-7-5-6-9(8-12)11(10)14-4-2/h5-7H,3-4H2,1-2H3. The number of ether oxygens (including phenoxy) is 2. The fourth-order valence-corrected chi connectivity index (χ4v) is 1.16. The first-order chi connectivity index (χ1) is 6.83. The van der Waals surface area contributed by atoms with E-state index < -0.39 is 0 Å². The van der Waals surface area contributed by atoms with Gasteiger partial charge in [-0.1, -0.05) is 6.07 Å². The third-order valence-corrected chi connectivity index (χ3v) is 1.68. The molecule has 0 aliphatic heterocycles. The molecule has 0 fully saturated rings. The number of benzene rings is 1. The average Bonchev–Trinajstić information content (AvgIpc) is 2.21. The molecule has 0 spiro atoms. The largest absolute Gasteiger partial charge is 0.490 e. The summed E-state index contributed by atoms with van der Waals surface area (Å²) in [6, 6.07) is 5.17. The summed E-state index contributed by atoms with van der Waals surface area (Å²) in [5, 5.41) is 0. The van der Waals surface area contributed by atoms with Crippen molar-refractivity contribution in [2.75, 3.05) is 13.2 Å². The van der Waals surface area contributed by atoms with Crippen molar-refractivity contribution in [1.82, 2.24) is 0 Å². The van der Waals surface area contributed by atoms with E-state index in [1.54, 1.807) is 18.2 Å². The Morgan fingerprint density at radius 2 is 1.93 bits per heavy atom. The Kier molecular flexibility index (Phi) is 3.98. The molecule has 0 saturated heterocycles. The summed E-state index contributed by atoms with van der Waals surface area (Å²) in [6.45, 7) is 4.78. The summed E-state index contributed by atoms with van der Waals surface area (Å²) in [5.74, 6) is 1.07. The summed E-state index contributed by atoms with van der Waals surface area (Å²) in [4.78, 5) is 10.6. The summed E-state index contributed by atoms with van der Waals surface area (Å²) in [5.41, 5.74) is 0.401. The number of hydrogen-bond acceptors (Lipinski definition) is 3. The third kappa shape index (κ3) is 2.25. The number of rotatable bonds is 5. The number of hydrogen-bond donors (Lipinski definition) is 0. The summed E-state index contributed by atoms with van der Waals surface area (Å²) in [6.07, 6.45) is 1.82. The van der Waals surface area contributed by atoms with Gasteiger partial charge in [0.2, 0.25) is 6.29 Å². The smallest absolute Gasteiger partial charge is 0.237 e. The van der Waals surface area contributed by atoms with Crippen molar-refractivity contribution in [3.63, 3.8) is 0 Å². The van der Waals surface area contributed by atoms with Gasteiger partial charge in [0.25, 0.3) is 0 Å². The molecule has 0 saturated carbocycles. The molecule has 75 valence electrons. The van der Waals surface area contributed by atoms with Gasteiger partial charge in [-0.2, -0.15) is 0 Å². The van der Waals surface area contributed by atoms with Crippen LogP contribution < -0.4 is 9.47 Å². The van der Waals surface area contributed by atoms with Crippen molar-refractivity contribution >= 4 is 6.29 Å². The lowest BCUT2D eigenvalue weighted by Crippen LogP contribution is -2.01. The Balaban J connectivity index is 3.06. The highest BCUT2D eigenvalue weighted by atomic mass is 16.5. The Bertz CT molecular complexity index is 307. The minimum absolute atomic E-state index is 0.401. The van der Waals surface area contributed by atoms with E-state index in [0.29, 0.717) is 30.3 Å². The van der Waals surface area contributed by atoms with E-state index in [4.69, 9.17) is 9.47 Å². The van der Waals surface area contributed by atoms with Gasteiger partial charge in [-0.25, -0.2) is 0 Å². The van der Waals surface area contributed by atoms with Crippen LogP contribution in [0.3, 0.4) is 0 Å². The van der Waals surface area contributed by atoms with Gasteiger partial charge < -0.3 is 9.47 Å². The molecule has 14 heavy (non-hydrogen) atoms. The van der Waals surface area contributed by atoms with E-state index in [1.165, 1.54) is 0 Å². The van der Waals surface area contributed by atoms with Crippen LogP contribution in [0.1, 0.15) is 19.4 Å². The maximum atomic E-state index is 10.6. The van der Waals surface area contributed by atoms with Crippen LogP contribution in [0.25, 0.3) is 0 Å². The molecule has 1 aromatic rings. The quantitative estimate of drug-likeness (QED) is 0.716. The van der Waals surface area contributed by atoms with Gasteiger partial charge in [-0.05, 0) is 26.0 Å². The van der Waals surface area contributed by atoms with E-state index >= 15 is 0 Å². The summed E-state index contributed by atoms with van der Waals surface area (Å²) < 4.78 is 10.7. The molecular weight excluding hydrogens is 180 g/mol. The minimum Gasteiger partial charge on any atom is -0.490 e. The molecular formula is C11H13O3. The highest BCUT2D eigenvalue weighted by Crippen LogP contribution is 2.30. The van der Waals surface area contributed by atoms with Gasteiger partial charge in [0.15, 0.2) is 11.5 Å². The molecule has 1 rings (SSSR count). The molecule has 1 aromatic carbocycles. The molecule has 3 nitrogen and oxygen atoms in total. The van der Waals surface area contributed by atoms with Crippen LogP contribution in [-0.2, 0) is 4.79 Å². The molecule has 0 heterocycles. The lowest BCUT2D eigenvalue weighted by atomic mass is 10.2. The molecule has 0 bridgehead atoms. The Morgan fingerprint density at radius 3 is 2.50 bits per heavy atom. The lowest BCUT2D eigenvalue weighted by Gasteiger charge is -2.11. The van der Waals surface area contributed by atoms with Gasteiger partial charge in [-0.15, -0.1) is 0 Å². The highest BCUT2D eigenvalue weighted by molar-refractivity contribution is 5.81. The molecule has 0 aliphatic carbocycles. The first-order valence-corrected chi connectivity index (χ1v) is 4.60. The summed E-state index contributed by atoms with van der Waals surface area (Å²) >= 11 is 0. The van der Waals surface area contributed by atoms with E-state index in [-0.39, 0.29) is 0 Å². The van der Waals surface area contributed by atoms with Crippen LogP contribution >= 0.6 is 0 Å². The van der Waals surface area contributed by atoms with Gasteiger partial charge in [-0.3, -0.25) is 4.79 Å². The monoisotopic (exact) mass is 193 g/mol. The second-order valence-electron chi connectivity index (χ2n) is 2.60. The minimum atomic E-state index is 0.401. The molecule has 0 aliphatic rings. The Hall–Kier alpha value is -1.51. The predicted octanol–water partition coefficient (Wildman–Crippen LogP) is 1.94. The molecule has 0 aromatic heterocycles. The van der Waals surface area contributed by atoms with Gasteiger partial charge in [0, 0.05) is 0 Å². The fraction of sp³-hybridized carbons (Fsp3) is 0.364. The SMILES string of the molecule is CCOc1cccc([C]=O)c1OCC. The van der Waals surface area contributed by atoms with Crippen LogP contribution in [0.2, 0.25) is 0 Å². The number of para-hydroxylation sites is 1. The summed E-state index contributed by atoms with van der Waals surface area (Å²) in [7, 11) is 0. The molecule has 1 radical (unpaired) electrons. The number of carbonyl (C=O) groups excluding carboxylic acids is 1. The average molecular weight is 193 g/mol. The Labute approximate surface area is 83.6 Å². The van der Waals surface area contributed by atoms with E-state index in [1.807, 2.05) is 20.1 Å². The van der Waals surface area contributed by atoms with Gasteiger partial charge in [0.05, 0.1) is 18.8 Å². The van der Waals surface area contributed by atoms with Gasteiger partial charge in [0.1, 0.15) is 0 Å². The van der Waals surface area contributed by atoms with E-state index in [2.05, 4.69) is 0 Å². The van der Waals surface area contributed by atoms with Crippen molar-refractivity contribution in [2.45, 2.75) is 13.8 Å². The second kappa shape index (κ2) is 5.27. The van der Waals surface area contributed by atoms with Crippen LogP contribution in [0.15, 0.2) is 18.2 Å². The predicted molar refractivity (Wildman–Crippen MR) is 53.6 cm³/mol. The van der Waals surface area contributed by atoms with Crippen LogP contribution in [0, 0.1) is 0 Å². The van der Waals surface area contributed by atoms with E-state index in [0.717, 1.165) is 0 Å². The van der Waals surface area contributed by atoms with Crippen molar-refractivity contribution in [3.8, 4) is 11.5 Å². The maximum absolute atomic E-state index is 10.6. The molecule has 0 N–H and O–H groups in total. The highest BCUT2D eigenvalue weighted by Gasteiger charge is 2.09. The van der Waals surface area contributed by atoms with Crippen LogP contribution in [0.5, 0.6) is 11.5 Å². The zero-order valence-corrected chi connectivity index (χ0v) is 8.37. The van der Waals surface area contributed by atoms with Crippen LogP contribution in [-0.4, -0.2) is 19.5 Å². The molecule has 0 unspecified atom stereocenters. The zero-order chi connectivity index (χ0) is 10.4. The van der Waals surface area contributed by atoms with Crippen molar-refractivity contribution in [1.29, 1.82) is 0 Å². The van der Waals surface area contributed by atoms with Crippen molar-refractivity contribution in [3.05, 3.63) is 23.8 Å². The van der Waals surface area contributed by atoms with Crippen LogP contribution in [0.4, 0.5) is 0 Å². The lowest BCUT2D eigenvalue weighted by molar-refractivity contribution is 0.287. The normalized spacial score (nSPS) is 9.57. The first-order valence-electron chi connectivity index (χ1n) is 4.60. The third-order valence-electron chi connectivity index (χ3n) is 1.68. The Morgan fingerprint density at radius 1 is 1.21 bits per heavy atom. The van der Waals surface area contributed by atoms with E-state index in [9.17, 15) is 4.79 Å². The molecule has 0 amide bonds. The maximum Gasteiger partial charge on any atom is 0.237 e. The fourth-order valence-electron chi connectivity index (χ4n) is 1.16. The van der Waals surface area contributed by atoms with Crippen molar-refractivity contribution < 1.29 is 14.3 Å². The second-order valence-corrected chi connectivity index (χ2v) is 2.60. The first kappa shape index (κ1) is 10.6. The topological polar surface area (TPSA) is 35.5 Å².